The Hall–Kier alpha value is -1.52. The van der Waals surface area contributed by atoms with Crippen LogP contribution in [0.3, 0.4) is 0 Å². The van der Waals surface area contributed by atoms with Crippen molar-refractivity contribution in [3.05, 3.63) is 36.2 Å². The van der Waals surface area contributed by atoms with Gasteiger partial charge in [0.2, 0.25) is 0 Å². The lowest BCUT2D eigenvalue weighted by molar-refractivity contribution is 0.292. The van der Waals surface area contributed by atoms with Crippen molar-refractivity contribution >= 4 is 11.0 Å². The van der Waals surface area contributed by atoms with Gasteiger partial charge in [-0.2, -0.15) is 0 Å². The van der Waals surface area contributed by atoms with Gasteiger partial charge in [0.15, 0.2) is 0 Å². The Morgan fingerprint density at radius 3 is 2.73 bits per heavy atom. The van der Waals surface area contributed by atoms with E-state index >= 15 is 0 Å². The third-order valence-electron chi connectivity index (χ3n) is 2.15. The minimum Gasteiger partial charge on any atom is -0.395 e. The van der Waals surface area contributed by atoms with E-state index in [2.05, 4.69) is 15.3 Å². The van der Waals surface area contributed by atoms with E-state index in [4.69, 9.17) is 5.11 Å². The van der Waals surface area contributed by atoms with E-state index in [9.17, 15) is 0 Å². The van der Waals surface area contributed by atoms with Gasteiger partial charge in [-0.1, -0.05) is 6.07 Å². The third kappa shape index (κ3) is 2.49. The summed E-state index contributed by atoms with van der Waals surface area (Å²) in [6, 6.07) is 5.98. The largest absolute Gasteiger partial charge is 0.395 e. The van der Waals surface area contributed by atoms with Crippen molar-refractivity contribution in [2.45, 2.75) is 6.54 Å². The van der Waals surface area contributed by atoms with Crippen molar-refractivity contribution in [2.75, 3.05) is 13.2 Å². The second kappa shape index (κ2) is 4.82. The van der Waals surface area contributed by atoms with E-state index in [-0.39, 0.29) is 6.61 Å². The zero-order chi connectivity index (χ0) is 10.5. The maximum atomic E-state index is 8.63. The number of hydrogen-bond donors (Lipinski definition) is 2. The van der Waals surface area contributed by atoms with Crippen molar-refractivity contribution < 1.29 is 5.11 Å². The van der Waals surface area contributed by atoms with E-state index in [0.29, 0.717) is 6.54 Å². The Labute approximate surface area is 88.0 Å². The van der Waals surface area contributed by atoms with Gasteiger partial charge in [-0.05, 0) is 17.7 Å². The third-order valence-corrected chi connectivity index (χ3v) is 2.15. The molecule has 0 unspecified atom stereocenters. The molecule has 1 heterocycles. The molecule has 0 amide bonds. The molecule has 78 valence electrons. The standard InChI is InChI=1S/C11H13N3O/c15-6-5-12-8-9-1-2-10-11(7-9)14-4-3-13-10/h1-4,7,12,15H,5-6,8H2. The Kier molecular flexibility index (Phi) is 3.22. The molecule has 1 aromatic carbocycles. The molecule has 0 atom stereocenters. The number of aliphatic hydroxyl groups is 1. The van der Waals surface area contributed by atoms with Gasteiger partial charge in [-0.3, -0.25) is 9.97 Å². The van der Waals surface area contributed by atoms with Crippen molar-refractivity contribution in [2.24, 2.45) is 0 Å². The molecule has 15 heavy (non-hydrogen) atoms. The van der Waals surface area contributed by atoms with Crippen molar-refractivity contribution in [3.63, 3.8) is 0 Å². The summed E-state index contributed by atoms with van der Waals surface area (Å²) in [6.45, 7) is 1.51. The normalized spacial score (nSPS) is 10.7. The first-order chi connectivity index (χ1) is 7.40. The molecule has 2 N–H and O–H groups in total. The summed E-state index contributed by atoms with van der Waals surface area (Å²) in [4.78, 5) is 8.43. The molecule has 2 aromatic rings. The monoisotopic (exact) mass is 203 g/mol. The molecule has 1 aromatic heterocycles. The molecule has 0 saturated carbocycles. The lowest BCUT2D eigenvalue weighted by Gasteiger charge is -2.03. The minimum atomic E-state index is 0.160. The Bertz CT molecular complexity index is 445. The molecule has 0 aliphatic heterocycles. The van der Waals surface area contributed by atoms with E-state index < -0.39 is 0 Å². The Morgan fingerprint density at radius 1 is 1.13 bits per heavy atom. The number of aromatic nitrogens is 2. The summed E-state index contributed by atoms with van der Waals surface area (Å²) in [5, 5.41) is 11.7. The van der Waals surface area contributed by atoms with Crippen LogP contribution in [0.1, 0.15) is 5.56 Å². The summed E-state index contributed by atoms with van der Waals surface area (Å²) < 4.78 is 0. The van der Waals surface area contributed by atoms with Crippen molar-refractivity contribution in [3.8, 4) is 0 Å². The summed E-state index contributed by atoms with van der Waals surface area (Å²) >= 11 is 0. The maximum Gasteiger partial charge on any atom is 0.0890 e. The van der Waals surface area contributed by atoms with Gasteiger partial charge in [-0.15, -0.1) is 0 Å². The fourth-order valence-electron chi connectivity index (χ4n) is 1.43. The number of fused-ring (bicyclic) bond motifs is 1. The zero-order valence-electron chi connectivity index (χ0n) is 8.35. The van der Waals surface area contributed by atoms with Crippen LogP contribution in [-0.2, 0) is 6.54 Å². The topological polar surface area (TPSA) is 58.0 Å². The second-order valence-corrected chi connectivity index (χ2v) is 3.28. The smallest absolute Gasteiger partial charge is 0.0890 e. The van der Waals surface area contributed by atoms with Gasteiger partial charge in [0.25, 0.3) is 0 Å². The second-order valence-electron chi connectivity index (χ2n) is 3.28. The molecular weight excluding hydrogens is 190 g/mol. The van der Waals surface area contributed by atoms with E-state index in [1.807, 2.05) is 18.2 Å². The molecule has 0 saturated heterocycles. The highest BCUT2D eigenvalue weighted by atomic mass is 16.3. The lowest BCUT2D eigenvalue weighted by atomic mass is 10.2. The predicted molar refractivity (Wildman–Crippen MR) is 58.3 cm³/mol. The summed E-state index contributed by atoms with van der Waals surface area (Å²) in [5.41, 5.74) is 2.96. The molecular formula is C11H13N3O. The molecule has 0 bridgehead atoms. The highest BCUT2D eigenvalue weighted by Crippen LogP contribution is 2.10. The van der Waals surface area contributed by atoms with Crippen LogP contribution in [0.2, 0.25) is 0 Å². The fourth-order valence-corrected chi connectivity index (χ4v) is 1.43. The number of nitrogens with zero attached hydrogens (tertiary/aromatic N) is 2. The van der Waals surface area contributed by atoms with E-state index in [1.165, 1.54) is 0 Å². The van der Waals surface area contributed by atoms with Crippen LogP contribution in [-0.4, -0.2) is 28.2 Å². The van der Waals surface area contributed by atoms with Crippen LogP contribution in [0.25, 0.3) is 11.0 Å². The number of nitrogens with one attached hydrogen (secondary N) is 1. The molecule has 0 radical (unpaired) electrons. The van der Waals surface area contributed by atoms with Gasteiger partial charge in [0, 0.05) is 25.5 Å². The first-order valence-corrected chi connectivity index (χ1v) is 4.91. The first-order valence-electron chi connectivity index (χ1n) is 4.91. The molecule has 0 aliphatic rings. The molecule has 0 aliphatic carbocycles. The minimum absolute atomic E-state index is 0.160. The molecule has 4 nitrogen and oxygen atoms in total. The van der Waals surface area contributed by atoms with Gasteiger partial charge in [0.1, 0.15) is 0 Å². The number of rotatable bonds is 4. The number of aliphatic hydroxyl groups excluding tert-OH is 1. The van der Waals surface area contributed by atoms with Gasteiger partial charge >= 0.3 is 0 Å². The Balaban J connectivity index is 2.16. The lowest BCUT2D eigenvalue weighted by Crippen LogP contribution is -2.17. The number of hydrogen-bond acceptors (Lipinski definition) is 4. The summed E-state index contributed by atoms with van der Waals surface area (Å²) in [6.07, 6.45) is 3.37. The Morgan fingerprint density at radius 2 is 1.93 bits per heavy atom. The highest BCUT2D eigenvalue weighted by molar-refractivity contribution is 5.74. The van der Waals surface area contributed by atoms with Crippen LogP contribution in [0.4, 0.5) is 0 Å². The summed E-state index contributed by atoms with van der Waals surface area (Å²) in [5.74, 6) is 0. The van der Waals surface area contributed by atoms with Crippen LogP contribution >= 0.6 is 0 Å². The van der Waals surface area contributed by atoms with Gasteiger partial charge in [-0.25, -0.2) is 0 Å². The van der Waals surface area contributed by atoms with Crippen molar-refractivity contribution in [1.82, 2.24) is 15.3 Å². The SMILES string of the molecule is OCCNCc1ccc2nccnc2c1. The molecule has 0 spiro atoms. The molecule has 0 fully saturated rings. The van der Waals surface area contributed by atoms with Crippen LogP contribution in [0.15, 0.2) is 30.6 Å². The molecule has 4 heteroatoms. The fraction of sp³-hybridized carbons (Fsp3) is 0.273. The average Bonchev–Trinajstić information content (AvgIpc) is 2.29. The quantitative estimate of drug-likeness (QED) is 0.719. The summed E-state index contributed by atoms with van der Waals surface area (Å²) in [7, 11) is 0. The predicted octanol–water partition coefficient (Wildman–Crippen LogP) is 0.712. The van der Waals surface area contributed by atoms with Gasteiger partial charge in [0.05, 0.1) is 17.6 Å². The van der Waals surface area contributed by atoms with Crippen LogP contribution < -0.4 is 5.32 Å². The van der Waals surface area contributed by atoms with Crippen LogP contribution in [0.5, 0.6) is 0 Å². The zero-order valence-corrected chi connectivity index (χ0v) is 8.35. The molecule has 2 rings (SSSR count). The highest BCUT2D eigenvalue weighted by Gasteiger charge is 1.97. The van der Waals surface area contributed by atoms with E-state index in [0.717, 1.165) is 23.1 Å². The van der Waals surface area contributed by atoms with Crippen molar-refractivity contribution in [1.29, 1.82) is 0 Å². The van der Waals surface area contributed by atoms with Gasteiger partial charge < -0.3 is 10.4 Å². The first kappa shape index (κ1) is 10.0. The maximum absolute atomic E-state index is 8.63. The van der Waals surface area contributed by atoms with Crippen LogP contribution in [0, 0.1) is 0 Å². The van der Waals surface area contributed by atoms with E-state index in [1.54, 1.807) is 12.4 Å². The number of benzene rings is 1. The average molecular weight is 203 g/mol.